The molecule has 7 nitrogen and oxygen atoms in total. The van der Waals surface area contributed by atoms with Crippen LogP contribution in [0.2, 0.25) is 0 Å². The number of aryl methyl sites for hydroxylation is 1. The Balaban J connectivity index is 2.08. The molecule has 0 saturated carbocycles. The Morgan fingerprint density at radius 3 is 2.89 bits per heavy atom. The summed E-state index contributed by atoms with van der Waals surface area (Å²) in [6.45, 7) is 1.72. The Labute approximate surface area is 111 Å². The van der Waals surface area contributed by atoms with Gasteiger partial charge in [0.05, 0.1) is 11.6 Å². The maximum atomic E-state index is 5.52. The molecule has 19 heavy (non-hydrogen) atoms. The van der Waals surface area contributed by atoms with Crippen molar-refractivity contribution in [2.75, 3.05) is 32.7 Å². The number of nitrogens with zero attached hydrogens (tertiary/aromatic N) is 4. The zero-order valence-corrected chi connectivity index (χ0v) is 11.5. The Morgan fingerprint density at radius 1 is 1.32 bits per heavy atom. The third-order valence-corrected chi connectivity index (χ3v) is 2.74. The summed E-state index contributed by atoms with van der Waals surface area (Å²) in [7, 11) is 5.37. The standard InChI is InChI=1S/C12H19N5O2/c1-13-11-9-7-14-17(2)12(9)16-10(15-11)8-19-6-4-5-18-3/h7H,4-6,8H2,1-3H3,(H,13,15,16). The van der Waals surface area contributed by atoms with Gasteiger partial charge in [0.2, 0.25) is 0 Å². The third kappa shape index (κ3) is 3.18. The SMILES string of the molecule is CNc1nc(COCCCOC)nc2c1cnn2C. The highest BCUT2D eigenvalue weighted by Crippen LogP contribution is 2.19. The molecular formula is C12H19N5O2. The van der Waals surface area contributed by atoms with Gasteiger partial charge >= 0.3 is 0 Å². The molecule has 0 saturated heterocycles. The van der Waals surface area contributed by atoms with Crippen molar-refractivity contribution in [2.24, 2.45) is 7.05 Å². The van der Waals surface area contributed by atoms with Crippen LogP contribution in [-0.2, 0) is 23.1 Å². The van der Waals surface area contributed by atoms with Gasteiger partial charge < -0.3 is 14.8 Å². The molecule has 0 aliphatic carbocycles. The van der Waals surface area contributed by atoms with Crippen molar-refractivity contribution in [1.29, 1.82) is 0 Å². The molecule has 1 N–H and O–H groups in total. The molecule has 0 bridgehead atoms. The van der Waals surface area contributed by atoms with Crippen molar-refractivity contribution in [1.82, 2.24) is 19.7 Å². The summed E-state index contributed by atoms with van der Waals surface area (Å²) in [5.41, 5.74) is 0.801. The normalized spacial score (nSPS) is 11.1. The molecule has 0 aromatic carbocycles. The number of rotatable bonds is 7. The molecular weight excluding hydrogens is 246 g/mol. The minimum absolute atomic E-state index is 0.388. The van der Waals surface area contributed by atoms with E-state index in [1.807, 2.05) is 14.1 Å². The van der Waals surface area contributed by atoms with Crippen LogP contribution in [0.3, 0.4) is 0 Å². The van der Waals surface area contributed by atoms with E-state index in [1.165, 1.54) is 0 Å². The van der Waals surface area contributed by atoms with Crippen LogP contribution in [0.25, 0.3) is 11.0 Å². The minimum Gasteiger partial charge on any atom is -0.385 e. The molecule has 104 valence electrons. The van der Waals surface area contributed by atoms with Gasteiger partial charge in [-0.25, -0.2) is 9.97 Å². The quantitative estimate of drug-likeness (QED) is 0.752. The molecule has 0 radical (unpaired) electrons. The Hall–Kier alpha value is -1.73. The number of hydrogen-bond donors (Lipinski definition) is 1. The topological polar surface area (TPSA) is 74.1 Å². The molecule has 2 heterocycles. The average Bonchev–Trinajstić information content (AvgIpc) is 2.80. The van der Waals surface area contributed by atoms with Crippen molar-refractivity contribution in [3.63, 3.8) is 0 Å². The number of ether oxygens (including phenoxy) is 2. The molecule has 2 aromatic heterocycles. The van der Waals surface area contributed by atoms with E-state index in [9.17, 15) is 0 Å². The fourth-order valence-electron chi connectivity index (χ4n) is 1.79. The molecule has 0 amide bonds. The van der Waals surface area contributed by atoms with E-state index in [1.54, 1.807) is 18.0 Å². The molecule has 0 atom stereocenters. The first-order valence-corrected chi connectivity index (χ1v) is 6.19. The lowest BCUT2D eigenvalue weighted by molar-refractivity contribution is 0.0892. The van der Waals surface area contributed by atoms with Crippen LogP contribution in [0.15, 0.2) is 6.20 Å². The summed E-state index contributed by atoms with van der Waals surface area (Å²) in [5, 5.41) is 8.15. The minimum atomic E-state index is 0.388. The lowest BCUT2D eigenvalue weighted by atomic mass is 10.4. The second-order valence-corrected chi connectivity index (χ2v) is 4.14. The van der Waals surface area contributed by atoms with Gasteiger partial charge in [0, 0.05) is 34.4 Å². The van der Waals surface area contributed by atoms with E-state index >= 15 is 0 Å². The van der Waals surface area contributed by atoms with Crippen molar-refractivity contribution < 1.29 is 9.47 Å². The molecule has 2 rings (SSSR count). The first-order valence-electron chi connectivity index (χ1n) is 6.19. The molecule has 2 aromatic rings. The summed E-state index contributed by atoms with van der Waals surface area (Å²) >= 11 is 0. The lowest BCUT2D eigenvalue weighted by Gasteiger charge is -2.06. The highest BCUT2D eigenvalue weighted by Gasteiger charge is 2.10. The molecule has 0 spiro atoms. The Bertz CT molecular complexity index is 540. The van der Waals surface area contributed by atoms with Gasteiger partial charge in [-0.3, -0.25) is 4.68 Å². The summed E-state index contributed by atoms with van der Waals surface area (Å²) in [6.07, 6.45) is 2.62. The predicted octanol–water partition coefficient (Wildman–Crippen LogP) is 0.958. The molecule has 0 fully saturated rings. The predicted molar refractivity (Wildman–Crippen MR) is 72.0 cm³/mol. The van der Waals surface area contributed by atoms with Crippen molar-refractivity contribution in [3.05, 3.63) is 12.0 Å². The summed E-state index contributed by atoms with van der Waals surface area (Å²) in [6, 6.07) is 0. The van der Waals surface area contributed by atoms with E-state index in [4.69, 9.17) is 9.47 Å². The number of fused-ring (bicyclic) bond motifs is 1. The zero-order chi connectivity index (χ0) is 13.7. The van der Waals surface area contributed by atoms with Gasteiger partial charge in [-0.1, -0.05) is 0 Å². The van der Waals surface area contributed by atoms with Crippen LogP contribution in [0.1, 0.15) is 12.2 Å². The van der Waals surface area contributed by atoms with Crippen LogP contribution >= 0.6 is 0 Å². The molecule has 0 aliphatic rings. The van der Waals surface area contributed by atoms with E-state index < -0.39 is 0 Å². The smallest absolute Gasteiger partial charge is 0.163 e. The van der Waals surface area contributed by atoms with Gasteiger partial charge in [-0.05, 0) is 6.42 Å². The molecule has 0 unspecified atom stereocenters. The van der Waals surface area contributed by atoms with Crippen molar-refractivity contribution in [3.8, 4) is 0 Å². The number of anilines is 1. The van der Waals surface area contributed by atoms with E-state index in [0.29, 0.717) is 25.6 Å². The van der Waals surface area contributed by atoms with Gasteiger partial charge in [0.1, 0.15) is 12.4 Å². The fraction of sp³-hybridized carbons (Fsp3) is 0.583. The molecule has 7 heteroatoms. The first-order chi connectivity index (χ1) is 9.26. The monoisotopic (exact) mass is 265 g/mol. The van der Waals surface area contributed by atoms with Gasteiger partial charge in [-0.2, -0.15) is 5.10 Å². The maximum absolute atomic E-state index is 5.52. The Morgan fingerprint density at radius 2 is 2.16 bits per heavy atom. The maximum Gasteiger partial charge on any atom is 0.163 e. The van der Waals surface area contributed by atoms with Crippen molar-refractivity contribution >= 4 is 16.9 Å². The van der Waals surface area contributed by atoms with E-state index in [2.05, 4.69) is 20.4 Å². The summed E-state index contributed by atoms with van der Waals surface area (Å²) < 4.78 is 12.2. The number of methoxy groups -OCH3 is 1. The number of nitrogens with one attached hydrogen (secondary N) is 1. The highest BCUT2D eigenvalue weighted by atomic mass is 16.5. The van der Waals surface area contributed by atoms with Crippen LogP contribution in [0.4, 0.5) is 5.82 Å². The number of hydrogen-bond acceptors (Lipinski definition) is 6. The van der Waals surface area contributed by atoms with Crippen LogP contribution < -0.4 is 5.32 Å². The first kappa shape index (κ1) is 13.7. The zero-order valence-electron chi connectivity index (χ0n) is 11.5. The number of aromatic nitrogens is 4. The van der Waals surface area contributed by atoms with Crippen LogP contribution in [0, 0.1) is 0 Å². The Kier molecular flexibility index (Phi) is 4.64. The van der Waals surface area contributed by atoms with Crippen LogP contribution in [-0.4, -0.2) is 47.1 Å². The van der Waals surface area contributed by atoms with E-state index in [0.717, 1.165) is 23.3 Å². The van der Waals surface area contributed by atoms with Crippen LogP contribution in [0.5, 0.6) is 0 Å². The summed E-state index contributed by atoms with van der Waals surface area (Å²) in [5.74, 6) is 1.42. The second kappa shape index (κ2) is 6.44. The van der Waals surface area contributed by atoms with Gasteiger partial charge in [0.15, 0.2) is 11.5 Å². The van der Waals surface area contributed by atoms with Gasteiger partial charge in [0.25, 0.3) is 0 Å². The molecule has 0 aliphatic heterocycles. The lowest BCUT2D eigenvalue weighted by Crippen LogP contribution is -2.06. The van der Waals surface area contributed by atoms with Crippen molar-refractivity contribution in [2.45, 2.75) is 13.0 Å². The third-order valence-electron chi connectivity index (χ3n) is 2.74. The average molecular weight is 265 g/mol. The highest BCUT2D eigenvalue weighted by molar-refractivity contribution is 5.86. The largest absolute Gasteiger partial charge is 0.385 e. The fourth-order valence-corrected chi connectivity index (χ4v) is 1.79. The second-order valence-electron chi connectivity index (χ2n) is 4.14. The van der Waals surface area contributed by atoms with E-state index in [-0.39, 0.29) is 0 Å². The van der Waals surface area contributed by atoms with Gasteiger partial charge in [-0.15, -0.1) is 0 Å². The summed E-state index contributed by atoms with van der Waals surface area (Å²) in [4.78, 5) is 8.87.